The molecule has 2 unspecified atom stereocenters. The zero-order valence-corrected chi connectivity index (χ0v) is 62.0. The molecule has 94 heavy (non-hydrogen) atoms. The molecule has 0 saturated carbocycles. The van der Waals surface area contributed by atoms with Crippen molar-refractivity contribution in [3.05, 3.63) is 158 Å². The van der Waals surface area contributed by atoms with Crippen molar-refractivity contribution in [3.8, 4) is 0 Å². The summed E-state index contributed by atoms with van der Waals surface area (Å²) in [4.78, 5) is 38.2. The summed E-state index contributed by atoms with van der Waals surface area (Å²) in [7, 11) is 1.16. The molecule has 2 atom stereocenters. The van der Waals surface area contributed by atoms with E-state index in [0.29, 0.717) is 17.4 Å². The van der Waals surface area contributed by atoms with Crippen molar-refractivity contribution in [2.45, 2.75) is 315 Å². The Morgan fingerprint density at radius 3 is 0.851 bits per heavy atom. The number of nitrogens with zero attached hydrogens (tertiary/aromatic N) is 1. The van der Waals surface area contributed by atoms with Gasteiger partial charge in [0.05, 0.1) is 27.7 Å². The van der Waals surface area contributed by atoms with Gasteiger partial charge in [-0.05, 0) is 122 Å². The second-order valence-electron chi connectivity index (χ2n) is 26.3. The van der Waals surface area contributed by atoms with Crippen molar-refractivity contribution < 1.29 is 42.1 Å². The highest BCUT2D eigenvalue weighted by molar-refractivity contribution is 7.45. The molecular weight excluding hydrogens is 1180 g/mol. The van der Waals surface area contributed by atoms with Crippen LogP contribution in [0, 0.1) is 0 Å². The van der Waals surface area contributed by atoms with Gasteiger partial charge in [-0.2, -0.15) is 0 Å². The van der Waals surface area contributed by atoms with Gasteiger partial charge in [0.15, 0.2) is 6.10 Å². The van der Waals surface area contributed by atoms with Crippen LogP contribution in [0.5, 0.6) is 0 Å². The maximum atomic E-state index is 12.9. The van der Waals surface area contributed by atoms with E-state index < -0.39 is 26.5 Å². The summed E-state index contributed by atoms with van der Waals surface area (Å²) in [5.74, 6) is -0.835. The summed E-state index contributed by atoms with van der Waals surface area (Å²) in [5, 5.41) is 0. The molecule has 0 heterocycles. The highest BCUT2D eigenvalue weighted by atomic mass is 31.2. The molecule has 0 spiro atoms. The van der Waals surface area contributed by atoms with E-state index in [2.05, 4.69) is 172 Å². The minimum atomic E-state index is -4.65. The summed E-state index contributed by atoms with van der Waals surface area (Å²) in [6.45, 7) is 4.02. The molecule has 0 N–H and O–H groups in total. The lowest BCUT2D eigenvalue weighted by atomic mass is 10.0. The van der Waals surface area contributed by atoms with Crippen LogP contribution in [-0.2, 0) is 32.7 Å². The second-order valence-corrected chi connectivity index (χ2v) is 27.7. The van der Waals surface area contributed by atoms with Gasteiger partial charge in [-0.1, -0.05) is 332 Å². The summed E-state index contributed by atoms with van der Waals surface area (Å²) < 4.78 is 34.4. The quantitative estimate of drug-likeness (QED) is 0.0195. The van der Waals surface area contributed by atoms with Crippen LogP contribution in [-0.4, -0.2) is 70.0 Å². The molecule has 0 rings (SSSR count). The highest BCUT2D eigenvalue weighted by Gasteiger charge is 2.22. The largest absolute Gasteiger partial charge is 0.756 e. The maximum Gasteiger partial charge on any atom is 0.306 e. The monoisotopic (exact) mass is 1320 g/mol. The van der Waals surface area contributed by atoms with Gasteiger partial charge in [-0.25, -0.2) is 0 Å². The van der Waals surface area contributed by atoms with Gasteiger partial charge in [0, 0.05) is 12.8 Å². The number of unbranched alkanes of at least 4 members (excludes halogenated alkanes) is 29. The first-order valence-corrected chi connectivity index (χ1v) is 39.7. The fourth-order valence-corrected chi connectivity index (χ4v) is 11.0. The molecular formula is C84H142NO8P. The Kier molecular flexibility index (Phi) is 69.5. The third-order valence-corrected chi connectivity index (χ3v) is 17.0. The molecule has 9 nitrogen and oxygen atoms in total. The maximum absolute atomic E-state index is 12.9. The minimum Gasteiger partial charge on any atom is -0.756 e. The number of esters is 2. The molecule has 0 radical (unpaired) electrons. The lowest BCUT2D eigenvalue weighted by Crippen LogP contribution is -2.37. The zero-order chi connectivity index (χ0) is 68.3. The Hall–Kier alpha value is -4.37. The first-order chi connectivity index (χ1) is 46.0. The van der Waals surface area contributed by atoms with E-state index in [1.54, 1.807) is 0 Å². The highest BCUT2D eigenvalue weighted by Crippen LogP contribution is 2.38. The van der Waals surface area contributed by atoms with Gasteiger partial charge >= 0.3 is 11.9 Å². The van der Waals surface area contributed by atoms with Gasteiger partial charge in [0.1, 0.15) is 19.8 Å². The van der Waals surface area contributed by atoms with Crippen molar-refractivity contribution in [1.29, 1.82) is 0 Å². The summed E-state index contributed by atoms with van der Waals surface area (Å²) in [5.41, 5.74) is 0. The number of quaternary nitrogens is 1. The number of carbonyl (C=O) groups is 2. The standard InChI is InChI=1S/C84H142NO8P/c1-6-8-10-12-14-16-18-20-22-24-26-28-30-32-34-36-38-40-41-42-43-45-46-48-50-52-54-56-58-60-62-64-66-68-70-72-74-76-83(86)90-80-82(81-92-94(88,89)91-79-78-85(3,4)5)93-84(87)77-75-73-71-69-67-65-63-61-59-57-55-53-51-49-47-44-39-37-35-33-31-29-27-25-23-21-19-17-15-13-11-9-7-2/h8-11,14-17,20-23,26-29,32-35,38-40,44,49,51,82H,6-7,12-13,18-19,24-25,30-31,36-37,41-43,45-48,50,52-81H2,1-5H3/b10-8-,11-9-,16-14-,17-15-,22-20-,23-21-,28-26-,29-27-,34-32-,35-33-,40-38-,44-39-,51-49-. The number of carbonyl (C=O) groups excluding carboxylic acids is 2. The Morgan fingerprint density at radius 2 is 0.574 bits per heavy atom. The molecule has 0 amide bonds. The molecule has 0 saturated heterocycles. The smallest absolute Gasteiger partial charge is 0.306 e. The van der Waals surface area contributed by atoms with E-state index in [9.17, 15) is 19.0 Å². The third-order valence-electron chi connectivity index (χ3n) is 16.0. The number of ether oxygens (including phenoxy) is 2. The summed E-state index contributed by atoms with van der Waals surface area (Å²) in [6.07, 6.45) is 109. The molecule has 0 aromatic rings. The van der Waals surface area contributed by atoms with Gasteiger partial charge in [0.2, 0.25) is 0 Å². The van der Waals surface area contributed by atoms with Crippen molar-refractivity contribution in [3.63, 3.8) is 0 Å². The van der Waals surface area contributed by atoms with Gasteiger partial charge in [0.25, 0.3) is 7.82 Å². The van der Waals surface area contributed by atoms with Crippen LogP contribution in [0.25, 0.3) is 0 Å². The van der Waals surface area contributed by atoms with Crippen molar-refractivity contribution in [2.24, 2.45) is 0 Å². The number of allylic oxidation sites excluding steroid dienone is 26. The molecule has 0 fully saturated rings. The summed E-state index contributed by atoms with van der Waals surface area (Å²) in [6, 6.07) is 0. The molecule has 0 aliphatic heterocycles. The normalized spacial score (nSPS) is 14.0. The summed E-state index contributed by atoms with van der Waals surface area (Å²) >= 11 is 0. The van der Waals surface area contributed by atoms with Crippen LogP contribution in [0.3, 0.4) is 0 Å². The first-order valence-electron chi connectivity index (χ1n) is 38.2. The SMILES string of the molecule is CC/C=C\C/C=C\C/C=C\C/C=C\C/C=C\C/C=C\C/C=C\CCCCCCCCCCCCCC(=O)OC(COC(=O)CCCCCCCCCCCCCCCCCCCC/C=C\C/C=C\C/C=C\C/C=C\C/C=C\C/C=C\CC)COP(=O)([O-])OCC[N+](C)(C)C. The van der Waals surface area contributed by atoms with Gasteiger partial charge < -0.3 is 27.9 Å². The Morgan fingerprint density at radius 1 is 0.330 bits per heavy atom. The number of phosphoric acid groups is 1. The number of hydrogen-bond donors (Lipinski definition) is 0. The second kappa shape index (κ2) is 72.9. The fourth-order valence-electron chi connectivity index (χ4n) is 10.3. The minimum absolute atomic E-state index is 0.0369. The van der Waals surface area contributed by atoms with Crippen LogP contribution in [0.2, 0.25) is 0 Å². The molecule has 0 aliphatic rings. The molecule has 536 valence electrons. The average Bonchev–Trinajstić information content (AvgIpc) is 1.56. The number of hydrogen-bond acceptors (Lipinski definition) is 8. The molecule has 0 bridgehead atoms. The van der Waals surface area contributed by atoms with Crippen molar-refractivity contribution >= 4 is 19.8 Å². The van der Waals surface area contributed by atoms with Crippen LogP contribution in [0.4, 0.5) is 0 Å². The van der Waals surface area contributed by atoms with E-state index >= 15 is 0 Å². The topological polar surface area (TPSA) is 111 Å². The average molecular weight is 1330 g/mol. The molecule has 10 heteroatoms. The zero-order valence-electron chi connectivity index (χ0n) is 61.1. The Balaban J connectivity index is 4.03. The Bertz CT molecular complexity index is 2150. The van der Waals surface area contributed by atoms with Crippen molar-refractivity contribution in [2.75, 3.05) is 47.5 Å². The lowest BCUT2D eigenvalue weighted by molar-refractivity contribution is -0.870. The predicted molar refractivity (Wildman–Crippen MR) is 406 cm³/mol. The molecule has 0 aromatic carbocycles. The number of rotatable bonds is 69. The number of phosphoric ester groups is 1. The van der Waals surface area contributed by atoms with E-state index in [1.807, 2.05) is 21.1 Å². The van der Waals surface area contributed by atoms with Crippen LogP contribution >= 0.6 is 7.82 Å². The molecule has 0 aromatic heterocycles. The van der Waals surface area contributed by atoms with Gasteiger partial charge in [-0.3, -0.25) is 14.2 Å². The van der Waals surface area contributed by atoms with E-state index in [0.717, 1.165) is 128 Å². The van der Waals surface area contributed by atoms with E-state index in [4.69, 9.17) is 18.5 Å². The third kappa shape index (κ3) is 76.6. The first kappa shape index (κ1) is 89.6. The van der Waals surface area contributed by atoms with Gasteiger partial charge in [-0.15, -0.1) is 0 Å². The fraction of sp³-hybridized carbons (Fsp3) is 0.667. The molecule has 0 aliphatic carbocycles. The van der Waals surface area contributed by atoms with E-state index in [1.165, 1.54) is 148 Å². The van der Waals surface area contributed by atoms with Crippen LogP contribution < -0.4 is 4.89 Å². The Labute approximate surface area is 579 Å². The van der Waals surface area contributed by atoms with Crippen molar-refractivity contribution in [1.82, 2.24) is 0 Å². The predicted octanol–water partition coefficient (Wildman–Crippen LogP) is 24.9. The number of likely N-dealkylation sites (N-methyl/N-ethyl adjacent to an activating group) is 1. The van der Waals surface area contributed by atoms with E-state index in [-0.39, 0.29) is 32.0 Å². The van der Waals surface area contributed by atoms with Crippen LogP contribution in [0.1, 0.15) is 309 Å². The lowest BCUT2D eigenvalue weighted by Gasteiger charge is -2.28. The van der Waals surface area contributed by atoms with Crippen LogP contribution in [0.15, 0.2) is 158 Å².